The van der Waals surface area contributed by atoms with Crippen LogP contribution in [0.4, 0.5) is 0 Å². The first-order chi connectivity index (χ1) is 11.1. The average Bonchev–Trinajstić information content (AvgIpc) is 2.55. The highest BCUT2D eigenvalue weighted by Gasteiger charge is 2.12. The van der Waals surface area contributed by atoms with Crippen molar-refractivity contribution in [2.45, 2.75) is 27.3 Å². The van der Waals surface area contributed by atoms with Gasteiger partial charge in [0, 0.05) is 6.54 Å². The number of carbonyl (C=O) groups excluding carboxylic acids is 1. The lowest BCUT2D eigenvalue weighted by atomic mass is 10.2. The second kappa shape index (κ2) is 7.87. The number of esters is 1. The zero-order valence-electron chi connectivity index (χ0n) is 13.9. The van der Waals surface area contributed by atoms with Gasteiger partial charge in [-0.15, -0.1) is 0 Å². The Labute approximate surface area is 135 Å². The zero-order valence-corrected chi connectivity index (χ0v) is 13.9. The summed E-state index contributed by atoms with van der Waals surface area (Å²) in [5.74, 6) is 0.0915. The summed E-state index contributed by atoms with van der Waals surface area (Å²) in [6, 6.07) is 7.12. The standard InChI is InChI=1S/C17H23N3O3/c1-4-19(5-2)10-11-23-16(21)12-20-13(3)18-15-9-7-6-8-14(15)17(20)22/h6-9H,4-5,10-12H2,1-3H3. The molecule has 0 fully saturated rings. The van der Waals surface area contributed by atoms with E-state index in [4.69, 9.17) is 4.74 Å². The molecule has 1 heterocycles. The van der Waals surface area contributed by atoms with Crippen molar-refractivity contribution in [3.8, 4) is 0 Å². The Morgan fingerprint density at radius 3 is 2.65 bits per heavy atom. The third-order valence-electron chi connectivity index (χ3n) is 3.90. The van der Waals surface area contributed by atoms with Gasteiger partial charge in [-0.1, -0.05) is 26.0 Å². The number of fused-ring (bicyclic) bond motifs is 1. The van der Waals surface area contributed by atoms with E-state index >= 15 is 0 Å². The van der Waals surface area contributed by atoms with Crippen LogP contribution in [-0.4, -0.2) is 46.7 Å². The molecule has 0 unspecified atom stereocenters. The molecular weight excluding hydrogens is 294 g/mol. The largest absolute Gasteiger partial charge is 0.463 e. The van der Waals surface area contributed by atoms with Crippen molar-refractivity contribution in [3.63, 3.8) is 0 Å². The van der Waals surface area contributed by atoms with Crippen LogP contribution in [-0.2, 0) is 16.1 Å². The lowest BCUT2D eigenvalue weighted by molar-refractivity contribution is -0.144. The quantitative estimate of drug-likeness (QED) is 0.726. The van der Waals surface area contributed by atoms with Gasteiger partial charge in [-0.25, -0.2) is 4.98 Å². The van der Waals surface area contributed by atoms with Crippen molar-refractivity contribution < 1.29 is 9.53 Å². The van der Waals surface area contributed by atoms with Gasteiger partial charge in [-0.3, -0.25) is 14.2 Å². The average molecular weight is 317 g/mol. The van der Waals surface area contributed by atoms with E-state index in [2.05, 4.69) is 23.7 Å². The van der Waals surface area contributed by atoms with E-state index in [1.54, 1.807) is 25.1 Å². The van der Waals surface area contributed by atoms with Crippen LogP contribution in [0.2, 0.25) is 0 Å². The molecule has 2 aromatic rings. The van der Waals surface area contributed by atoms with Crippen LogP contribution in [0.3, 0.4) is 0 Å². The van der Waals surface area contributed by atoms with E-state index in [1.807, 2.05) is 6.07 Å². The number of hydrogen-bond donors (Lipinski definition) is 0. The molecule has 0 atom stereocenters. The molecule has 0 amide bonds. The number of carbonyl (C=O) groups is 1. The fraction of sp³-hybridized carbons (Fsp3) is 0.471. The predicted octanol–water partition coefficient (Wildman–Crippen LogP) is 1.59. The fourth-order valence-electron chi connectivity index (χ4n) is 2.47. The summed E-state index contributed by atoms with van der Waals surface area (Å²) in [7, 11) is 0. The van der Waals surface area contributed by atoms with Crippen LogP contribution >= 0.6 is 0 Å². The summed E-state index contributed by atoms with van der Waals surface area (Å²) in [4.78, 5) is 31.0. The summed E-state index contributed by atoms with van der Waals surface area (Å²) in [6.45, 7) is 8.60. The Morgan fingerprint density at radius 2 is 1.96 bits per heavy atom. The predicted molar refractivity (Wildman–Crippen MR) is 89.5 cm³/mol. The number of para-hydroxylation sites is 1. The van der Waals surface area contributed by atoms with Crippen molar-refractivity contribution in [2.75, 3.05) is 26.2 Å². The van der Waals surface area contributed by atoms with Crippen molar-refractivity contribution in [2.24, 2.45) is 0 Å². The highest BCUT2D eigenvalue weighted by Crippen LogP contribution is 2.07. The van der Waals surface area contributed by atoms with Gasteiger partial charge >= 0.3 is 5.97 Å². The number of aryl methyl sites for hydroxylation is 1. The monoisotopic (exact) mass is 317 g/mol. The number of ether oxygens (including phenoxy) is 1. The van der Waals surface area contributed by atoms with Crippen molar-refractivity contribution in [3.05, 3.63) is 40.4 Å². The van der Waals surface area contributed by atoms with Gasteiger partial charge in [0.05, 0.1) is 10.9 Å². The molecule has 2 rings (SSSR count). The van der Waals surface area contributed by atoms with Crippen LogP contribution < -0.4 is 5.56 Å². The third kappa shape index (κ3) is 4.16. The van der Waals surface area contributed by atoms with Gasteiger partial charge < -0.3 is 9.64 Å². The summed E-state index contributed by atoms with van der Waals surface area (Å²) < 4.78 is 6.60. The summed E-state index contributed by atoms with van der Waals surface area (Å²) in [5, 5.41) is 0.508. The maximum Gasteiger partial charge on any atom is 0.326 e. The van der Waals surface area contributed by atoms with E-state index in [1.165, 1.54) is 4.57 Å². The smallest absolute Gasteiger partial charge is 0.326 e. The third-order valence-corrected chi connectivity index (χ3v) is 3.90. The molecule has 6 nitrogen and oxygen atoms in total. The zero-order chi connectivity index (χ0) is 16.8. The van der Waals surface area contributed by atoms with E-state index < -0.39 is 5.97 Å². The molecular formula is C17H23N3O3. The Balaban J connectivity index is 2.06. The number of likely N-dealkylation sites (N-methyl/N-ethyl adjacent to an activating group) is 1. The van der Waals surface area contributed by atoms with Crippen LogP contribution in [0.15, 0.2) is 29.1 Å². The second-order valence-electron chi connectivity index (χ2n) is 5.31. The minimum absolute atomic E-state index is 0.110. The molecule has 23 heavy (non-hydrogen) atoms. The normalized spacial score (nSPS) is 11.1. The Kier molecular flexibility index (Phi) is 5.87. The molecule has 0 spiro atoms. The maximum atomic E-state index is 12.5. The number of benzene rings is 1. The molecule has 0 bridgehead atoms. The summed E-state index contributed by atoms with van der Waals surface area (Å²) in [6.07, 6.45) is 0. The van der Waals surface area contributed by atoms with Crippen LogP contribution in [0.25, 0.3) is 10.9 Å². The molecule has 0 N–H and O–H groups in total. The first kappa shape index (κ1) is 17.1. The van der Waals surface area contributed by atoms with Crippen LogP contribution in [0, 0.1) is 6.92 Å². The molecule has 0 saturated carbocycles. The summed E-state index contributed by atoms with van der Waals surface area (Å²) >= 11 is 0. The first-order valence-corrected chi connectivity index (χ1v) is 7.91. The molecule has 0 aliphatic carbocycles. The van der Waals surface area contributed by atoms with E-state index in [9.17, 15) is 9.59 Å². The van der Waals surface area contributed by atoms with Gasteiger partial charge in [-0.2, -0.15) is 0 Å². The minimum atomic E-state index is -0.417. The lowest BCUT2D eigenvalue weighted by Crippen LogP contribution is -2.31. The molecule has 0 aliphatic rings. The van der Waals surface area contributed by atoms with Crippen molar-refractivity contribution in [1.82, 2.24) is 14.5 Å². The summed E-state index contributed by atoms with van der Waals surface area (Å²) in [5.41, 5.74) is 0.426. The second-order valence-corrected chi connectivity index (χ2v) is 5.31. The van der Waals surface area contributed by atoms with Crippen LogP contribution in [0.5, 0.6) is 0 Å². The number of hydrogen-bond acceptors (Lipinski definition) is 5. The molecule has 0 aliphatic heterocycles. The van der Waals surface area contributed by atoms with Gasteiger partial charge in [0.2, 0.25) is 0 Å². The van der Waals surface area contributed by atoms with Crippen molar-refractivity contribution >= 4 is 16.9 Å². The highest BCUT2D eigenvalue weighted by atomic mass is 16.5. The van der Waals surface area contributed by atoms with E-state index in [-0.39, 0.29) is 12.1 Å². The van der Waals surface area contributed by atoms with Crippen LogP contribution in [0.1, 0.15) is 19.7 Å². The number of rotatable bonds is 7. The van der Waals surface area contributed by atoms with Gasteiger partial charge in [0.25, 0.3) is 5.56 Å². The number of aromatic nitrogens is 2. The molecule has 1 aromatic carbocycles. The molecule has 0 radical (unpaired) electrons. The lowest BCUT2D eigenvalue weighted by Gasteiger charge is -2.17. The van der Waals surface area contributed by atoms with Gasteiger partial charge in [0.1, 0.15) is 19.0 Å². The van der Waals surface area contributed by atoms with Gasteiger partial charge in [0.15, 0.2) is 0 Å². The first-order valence-electron chi connectivity index (χ1n) is 7.91. The van der Waals surface area contributed by atoms with Crippen molar-refractivity contribution in [1.29, 1.82) is 0 Å². The molecule has 1 aromatic heterocycles. The Morgan fingerprint density at radius 1 is 1.26 bits per heavy atom. The highest BCUT2D eigenvalue weighted by molar-refractivity contribution is 5.78. The minimum Gasteiger partial charge on any atom is -0.463 e. The topological polar surface area (TPSA) is 64.4 Å². The maximum absolute atomic E-state index is 12.5. The van der Waals surface area contributed by atoms with Gasteiger partial charge in [-0.05, 0) is 32.1 Å². The molecule has 0 saturated heterocycles. The molecule has 124 valence electrons. The van der Waals surface area contributed by atoms with E-state index in [0.29, 0.717) is 29.9 Å². The molecule has 6 heteroatoms. The SMILES string of the molecule is CCN(CC)CCOC(=O)Cn1c(C)nc2ccccc2c1=O. The number of nitrogens with zero attached hydrogens (tertiary/aromatic N) is 3. The van der Waals surface area contributed by atoms with E-state index in [0.717, 1.165) is 13.1 Å². The Bertz CT molecular complexity index is 735. The Hall–Kier alpha value is -2.21. The fourth-order valence-corrected chi connectivity index (χ4v) is 2.47.